The lowest BCUT2D eigenvalue weighted by atomic mass is 9.41. The Morgan fingerprint density at radius 1 is 1.09 bits per heavy atom. The van der Waals surface area contributed by atoms with Crippen LogP contribution in [0.1, 0.15) is 106 Å². The van der Waals surface area contributed by atoms with Gasteiger partial charge in [0.2, 0.25) is 0 Å². The predicted molar refractivity (Wildman–Crippen MR) is 161 cm³/mol. The van der Waals surface area contributed by atoms with Crippen molar-refractivity contribution in [2.75, 3.05) is 13.1 Å². The Hall–Kier alpha value is -1.54. The molecule has 0 aromatic heterocycles. The highest BCUT2D eigenvalue weighted by atomic mass is 16.6. The molecule has 2 heterocycles. The maximum atomic E-state index is 12.8. The van der Waals surface area contributed by atoms with Crippen LogP contribution >= 0.6 is 0 Å². The van der Waals surface area contributed by atoms with E-state index in [1.807, 2.05) is 0 Å². The molecule has 7 fully saturated rings. The summed E-state index contributed by atoms with van der Waals surface area (Å²) in [7, 11) is 0. The minimum atomic E-state index is -0.692. The number of rotatable bonds is 4. The van der Waals surface area contributed by atoms with E-state index in [1.165, 1.54) is 6.42 Å². The lowest BCUT2D eigenvalue weighted by Gasteiger charge is -2.63. The van der Waals surface area contributed by atoms with Gasteiger partial charge in [-0.25, -0.2) is 9.59 Å². The van der Waals surface area contributed by atoms with Gasteiger partial charge in [0.1, 0.15) is 24.4 Å². The number of fused-ring (bicyclic) bond motifs is 4. The van der Waals surface area contributed by atoms with E-state index in [4.69, 9.17) is 19.9 Å². The van der Waals surface area contributed by atoms with Crippen molar-refractivity contribution in [1.29, 1.82) is 0 Å². The van der Waals surface area contributed by atoms with Crippen molar-refractivity contribution in [3.8, 4) is 0 Å². The molecule has 0 aromatic carbocycles. The number of carbonyl (C=O) groups is 2. The van der Waals surface area contributed by atoms with Crippen molar-refractivity contribution in [3.05, 3.63) is 18.1 Å². The molecule has 0 bridgehead atoms. The summed E-state index contributed by atoms with van der Waals surface area (Å²) < 4.78 is 18.5. The first-order valence-corrected chi connectivity index (χ1v) is 17.0. The molecule has 3 N–H and O–H groups in total. The standard InChI is InChI=1S/C35H53N2O6/c1-19(2)26(43-30(40)37-15-8-16-37)21-17-20(3)25-27(41-21)28(38)33(7)23-10-9-22-31(4,5)24(42-29(36)39)11-12-34(22)18-35(23,34)14-13-32(25,33)6/h19-20,22,24-26,28,38H,8-18H2,1-7H3,(H2,36,39)/t20-,22+,24?,25+,26-,28+,32-,33-,34-,35+/m1/s1. The average molecular weight is 598 g/mol. The Labute approximate surface area is 258 Å². The van der Waals surface area contributed by atoms with Crippen molar-refractivity contribution in [2.45, 2.75) is 125 Å². The monoisotopic (exact) mass is 597 g/mol. The summed E-state index contributed by atoms with van der Waals surface area (Å²) in [6, 6.07) is 0. The zero-order chi connectivity index (χ0) is 30.9. The average Bonchev–Trinajstić information content (AvgIpc) is 3.52. The molecule has 7 rings (SSSR count). The first-order chi connectivity index (χ1) is 20.1. The van der Waals surface area contributed by atoms with Crippen molar-refractivity contribution < 1.29 is 28.9 Å². The van der Waals surface area contributed by atoms with Crippen molar-refractivity contribution >= 4 is 12.2 Å². The number of nitrogens with zero attached hydrogens (tertiary/aromatic N) is 1. The Bertz CT molecular complexity index is 1170. The van der Waals surface area contributed by atoms with E-state index in [-0.39, 0.29) is 57.0 Å². The maximum absolute atomic E-state index is 12.8. The van der Waals surface area contributed by atoms with E-state index in [9.17, 15) is 14.7 Å². The van der Waals surface area contributed by atoms with Gasteiger partial charge in [0.25, 0.3) is 0 Å². The number of aliphatic hydroxyl groups excluding tert-OH is 1. The molecule has 8 heteroatoms. The quantitative estimate of drug-likeness (QED) is 0.387. The number of primary amides is 1. The van der Waals surface area contributed by atoms with E-state index < -0.39 is 18.3 Å². The SMILES string of the molecule is CC(C)[C@@H](OC(=O)N1CCC1)[C]1C[C@@H](C)[C@H]2[C](O1)[C@H](O)[C@@]1(C)[C]3CC[C@H]4C(C)(C)C(OC(N)=O)CC[C@@]45C[C@@]35CC[C@]21C. The first-order valence-electron chi connectivity index (χ1n) is 17.0. The molecule has 2 saturated heterocycles. The van der Waals surface area contributed by atoms with Gasteiger partial charge in [-0.15, -0.1) is 0 Å². The van der Waals surface area contributed by atoms with Crippen LogP contribution in [0.25, 0.3) is 0 Å². The molecule has 239 valence electrons. The first kappa shape index (κ1) is 30.1. The fourth-order valence-electron chi connectivity index (χ4n) is 12.2. The molecule has 2 amide bonds. The summed E-state index contributed by atoms with van der Waals surface area (Å²) in [6.07, 6.45) is 8.53. The van der Waals surface area contributed by atoms with Gasteiger partial charge in [-0.05, 0) is 97.7 Å². The summed E-state index contributed by atoms with van der Waals surface area (Å²) in [5.41, 5.74) is 5.22. The van der Waals surface area contributed by atoms with Crippen LogP contribution in [0.2, 0.25) is 0 Å². The van der Waals surface area contributed by atoms with Crippen LogP contribution in [-0.4, -0.2) is 53.6 Å². The zero-order valence-corrected chi connectivity index (χ0v) is 27.3. The number of likely N-dealkylation sites (tertiary alicyclic amines) is 1. The second-order valence-electron chi connectivity index (χ2n) is 16.8. The highest BCUT2D eigenvalue weighted by molar-refractivity contribution is 5.69. The molecule has 5 aliphatic carbocycles. The number of aliphatic hydroxyl groups is 1. The summed E-state index contributed by atoms with van der Waals surface area (Å²) in [5, 5.41) is 12.4. The Morgan fingerprint density at radius 2 is 1.81 bits per heavy atom. The molecule has 1 unspecified atom stereocenters. The van der Waals surface area contributed by atoms with E-state index in [0.29, 0.717) is 5.92 Å². The second kappa shape index (κ2) is 9.49. The van der Waals surface area contributed by atoms with Gasteiger partial charge in [-0.2, -0.15) is 0 Å². The summed E-state index contributed by atoms with van der Waals surface area (Å²) in [5.74, 6) is 2.55. The zero-order valence-electron chi connectivity index (χ0n) is 27.3. The van der Waals surface area contributed by atoms with Gasteiger partial charge in [-0.3, -0.25) is 0 Å². The van der Waals surface area contributed by atoms with Crippen LogP contribution < -0.4 is 5.73 Å². The van der Waals surface area contributed by atoms with E-state index >= 15 is 0 Å². The molecule has 5 saturated carbocycles. The summed E-state index contributed by atoms with van der Waals surface area (Å²) in [4.78, 5) is 26.3. The lowest BCUT2D eigenvalue weighted by molar-refractivity contribution is -0.125. The maximum Gasteiger partial charge on any atom is 0.410 e. The van der Waals surface area contributed by atoms with Gasteiger partial charge in [0.15, 0.2) is 0 Å². The minimum Gasteiger partial charge on any atom is -0.446 e. The Balaban J connectivity index is 1.16. The Kier molecular flexibility index (Phi) is 6.65. The molecule has 0 aromatic rings. The van der Waals surface area contributed by atoms with Crippen LogP contribution in [0.4, 0.5) is 9.59 Å². The number of ether oxygens (including phenoxy) is 3. The lowest BCUT2D eigenvalue weighted by Crippen LogP contribution is -2.59. The van der Waals surface area contributed by atoms with Crippen LogP contribution in [0, 0.1) is 68.9 Å². The van der Waals surface area contributed by atoms with Crippen LogP contribution in [0.5, 0.6) is 0 Å². The topological polar surface area (TPSA) is 111 Å². The van der Waals surface area contributed by atoms with Crippen molar-refractivity contribution in [2.24, 2.45) is 56.5 Å². The van der Waals surface area contributed by atoms with Crippen LogP contribution in [-0.2, 0) is 14.2 Å². The third-order valence-corrected chi connectivity index (χ3v) is 14.5. The second-order valence-corrected chi connectivity index (χ2v) is 16.8. The van der Waals surface area contributed by atoms with Gasteiger partial charge < -0.3 is 30.0 Å². The fourth-order valence-corrected chi connectivity index (χ4v) is 12.2. The molecule has 2 aliphatic heterocycles. The summed E-state index contributed by atoms with van der Waals surface area (Å²) in [6.45, 7) is 17.3. The smallest absolute Gasteiger partial charge is 0.410 e. The largest absolute Gasteiger partial charge is 0.446 e. The van der Waals surface area contributed by atoms with Crippen LogP contribution in [0.3, 0.4) is 0 Å². The van der Waals surface area contributed by atoms with E-state index in [2.05, 4.69) is 48.5 Å². The molecule has 43 heavy (non-hydrogen) atoms. The third kappa shape index (κ3) is 3.74. The molecule has 3 radical (unpaired) electrons. The highest BCUT2D eigenvalue weighted by Gasteiger charge is 2.85. The normalized spacial score (nSPS) is 47.7. The molecule has 8 nitrogen and oxygen atoms in total. The molecular weight excluding hydrogens is 544 g/mol. The third-order valence-electron chi connectivity index (χ3n) is 14.5. The number of hydrogen-bond acceptors (Lipinski definition) is 6. The molecule has 2 spiro atoms. The molecule has 7 aliphatic rings. The van der Waals surface area contributed by atoms with Crippen molar-refractivity contribution in [3.63, 3.8) is 0 Å². The highest BCUT2D eigenvalue weighted by Crippen LogP contribution is 2.90. The predicted octanol–water partition coefficient (Wildman–Crippen LogP) is 6.42. The summed E-state index contributed by atoms with van der Waals surface area (Å²) >= 11 is 0. The van der Waals surface area contributed by atoms with Crippen molar-refractivity contribution in [1.82, 2.24) is 4.90 Å². The van der Waals surface area contributed by atoms with Gasteiger partial charge in [0, 0.05) is 29.8 Å². The van der Waals surface area contributed by atoms with E-state index in [0.717, 1.165) is 76.7 Å². The Morgan fingerprint density at radius 3 is 2.44 bits per heavy atom. The fraction of sp³-hybridized carbons (Fsp3) is 0.857. The molecule has 10 atom stereocenters. The van der Waals surface area contributed by atoms with Gasteiger partial charge in [0.05, 0.1) is 6.10 Å². The minimum absolute atomic E-state index is 0.0767. The van der Waals surface area contributed by atoms with Gasteiger partial charge >= 0.3 is 12.2 Å². The molecular formula is C35H53N2O6. The number of hydrogen-bond donors (Lipinski definition) is 2. The number of nitrogens with two attached hydrogens (primary N) is 1. The number of amides is 2. The van der Waals surface area contributed by atoms with Gasteiger partial charge in [-0.1, -0.05) is 48.5 Å². The van der Waals surface area contributed by atoms with E-state index in [1.54, 1.807) is 10.8 Å². The number of carbonyl (C=O) groups excluding carboxylic acids is 2. The van der Waals surface area contributed by atoms with Crippen LogP contribution in [0.15, 0.2) is 0 Å².